The molecule has 0 aromatic carbocycles. The topological polar surface area (TPSA) is 98.2 Å². The number of carbonyl (C=O) groups is 1. The summed E-state index contributed by atoms with van der Waals surface area (Å²) in [6.45, 7) is 1.69. The zero-order valence-corrected chi connectivity index (χ0v) is 9.27. The van der Waals surface area contributed by atoms with Gasteiger partial charge in [0.1, 0.15) is 11.2 Å². The first-order valence-electron chi connectivity index (χ1n) is 5.20. The lowest BCUT2D eigenvalue weighted by Crippen LogP contribution is -2.21. The van der Waals surface area contributed by atoms with Crippen molar-refractivity contribution in [1.82, 2.24) is 9.97 Å². The van der Waals surface area contributed by atoms with E-state index in [0.717, 1.165) is 0 Å². The summed E-state index contributed by atoms with van der Waals surface area (Å²) in [5.74, 6) is -1.05. The number of aliphatic hydroxyl groups excluding tert-OH is 1. The summed E-state index contributed by atoms with van der Waals surface area (Å²) in [7, 11) is 0. The second-order valence-corrected chi connectivity index (χ2v) is 3.82. The lowest BCUT2D eigenvalue weighted by atomic mass is 10.1. The first kappa shape index (κ1) is 11.4. The van der Waals surface area contributed by atoms with Gasteiger partial charge in [-0.25, -0.2) is 9.78 Å². The number of aromatic amines is 1. The number of anilines is 1. The van der Waals surface area contributed by atoms with E-state index in [0.29, 0.717) is 16.7 Å². The van der Waals surface area contributed by atoms with Crippen LogP contribution in [0, 0.1) is 0 Å². The van der Waals surface area contributed by atoms with Gasteiger partial charge in [0.15, 0.2) is 0 Å². The van der Waals surface area contributed by atoms with Crippen molar-refractivity contribution >= 4 is 22.7 Å². The van der Waals surface area contributed by atoms with Crippen LogP contribution in [0.5, 0.6) is 0 Å². The number of aromatic carboxylic acids is 1. The summed E-state index contributed by atoms with van der Waals surface area (Å²) in [6, 6.07) is 1.52. The molecule has 0 radical (unpaired) electrons. The quantitative estimate of drug-likeness (QED) is 0.635. The molecule has 2 heterocycles. The molecule has 6 nitrogen and oxygen atoms in total. The minimum Gasteiger partial charge on any atom is -0.478 e. The van der Waals surface area contributed by atoms with Crippen LogP contribution >= 0.6 is 0 Å². The number of fused-ring (bicyclic) bond motifs is 1. The smallest absolute Gasteiger partial charge is 0.339 e. The Labute approximate surface area is 97.3 Å². The van der Waals surface area contributed by atoms with E-state index in [9.17, 15) is 4.79 Å². The zero-order chi connectivity index (χ0) is 12.4. The highest BCUT2D eigenvalue weighted by molar-refractivity contribution is 6.03. The van der Waals surface area contributed by atoms with Gasteiger partial charge in [-0.15, -0.1) is 0 Å². The third-order valence-corrected chi connectivity index (χ3v) is 2.48. The van der Waals surface area contributed by atoms with Gasteiger partial charge in [-0.1, -0.05) is 0 Å². The van der Waals surface area contributed by atoms with Crippen molar-refractivity contribution in [3.63, 3.8) is 0 Å². The van der Waals surface area contributed by atoms with Crippen molar-refractivity contribution in [2.24, 2.45) is 0 Å². The highest BCUT2D eigenvalue weighted by Crippen LogP contribution is 2.25. The Balaban J connectivity index is 2.57. The number of pyridine rings is 1. The van der Waals surface area contributed by atoms with Gasteiger partial charge in [-0.3, -0.25) is 0 Å². The van der Waals surface area contributed by atoms with Crippen LogP contribution in [-0.2, 0) is 0 Å². The predicted molar refractivity (Wildman–Crippen MR) is 63.2 cm³/mol. The normalized spacial score (nSPS) is 12.6. The van der Waals surface area contributed by atoms with Crippen molar-refractivity contribution in [3.8, 4) is 0 Å². The second-order valence-electron chi connectivity index (χ2n) is 3.82. The van der Waals surface area contributed by atoms with Gasteiger partial charge in [-0.05, 0) is 13.0 Å². The lowest BCUT2D eigenvalue weighted by molar-refractivity contribution is 0.0697. The Morgan fingerprint density at radius 1 is 1.65 bits per heavy atom. The fourth-order valence-electron chi connectivity index (χ4n) is 1.62. The van der Waals surface area contributed by atoms with Crippen molar-refractivity contribution in [3.05, 3.63) is 24.0 Å². The molecule has 90 valence electrons. The van der Waals surface area contributed by atoms with Crippen molar-refractivity contribution in [2.45, 2.75) is 13.0 Å². The maximum Gasteiger partial charge on any atom is 0.339 e. The van der Waals surface area contributed by atoms with Gasteiger partial charge < -0.3 is 20.5 Å². The molecule has 6 heteroatoms. The van der Waals surface area contributed by atoms with E-state index in [1.807, 2.05) is 0 Å². The SMILES string of the molecule is C[C@@H](CO)Nc1c(C(=O)O)cnc2[nH]ccc12. The maximum atomic E-state index is 11.1. The Kier molecular flexibility index (Phi) is 2.97. The fourth-order valence-corrected chi connectivity index (χ4v) is 1.62. The molecule has 17 heavy (non-hydrogen) atoms. The van der Waals surface area contributed by atoms with E-state index in [-0.39, 0.29) is 18.2 Å². The Morgan fingerprint density at radius 3 is 3.06 bits per heavy atom. The number of carboxylic acid groups (broad SMARTS) is 1. The third-order valence-electron chi connectivity index (χ3n) is 2.48. The summed E-state index contributed by atoms with van der Waals surface area (Å²) in [5, 5.41) is 21.8. The van der Waals surface area contributed by atoms with E-state index in [1.54, 1.807) is 19.2 Å². The number of carboxylic acids is 1. The summed E-state index contributed by atoms with van der Waals surface area (Å²) in [4.78, 5) is 18.0. The van der Waals surface area contributed by atoms with Crippen LogP contribution in [0.2, 0.25) is 0 Å². The monoisotopic (exact) mass is 235 g/mol. The number of rotatable bonds is 4. The molecular weight excluding hydrogens is 222 g/mol. The van der Waals surface area contributed by atoms with Crippen molar-refractivity contribution in [1.29, 1.82) is 0 Å². The molecule has 0 aliphatic rings. The summed E-state index contributed by atoms with van der Waals surface area (Å²) < 4.78 is 0. The standard InChI is InChI=1S/C11H13N3O3/c1-6(5-15)14-9-7-2-3-12-10(7)13-4-8(9)11(16)17/h2-4,6,15H,5H2,1H3,(H,16,17)(H2,12,13,14)/t6-/m0/s1. The molecule has 2 aromatic rings. The number of H-pyrrole nitrogens is 1. The third kappa shape index (κ3) is 2.07. The molecule has 1 atom stereocenters. The Morgan fingerprint density at radius 2 is 2.41 bits per heavy atom. The van der Waals surface area contributed by atoms with Crippen molar-refractivity contribution in [2.75, 3.05) is 11.9 Å². The number of hydrogen-bond acceptors (Lipinski definition) is 4. The van der Waals surface area contributed by atoms with Crippen LogP contribution in [0.1, 0.15) is 17.3 Å². The van der Waals surface area contributed by atoms with Crippen LogP contribution in [0.25, 0.3) is 11.0 Å². The van der Waals surface area contributed by atoms with Gasteiger partial charge in [-0.2, -0.15) is 0 Å². The largest absolute Gasteiger partial charge is 0.478 e. The zero-order valence-electron chi connectivity index (χ0n) is 9.27. The van der Waals surface area contributed by atoms with E-state index in [2.05, 4.69) is 15.3 Å². The van der Waals surface area contributed by atoms with Crippen LogP contribution in [-0.4, -0.2) is 38.8 Å². The molecule has 0 spiro atoms. The van der Waals surface area contributed by atoms with Crippen LogP contribution in [0.4, 0.5) is 5.69 Å². The van der Waals surface area contributed by atoms with E-state index in [4.69, 9.17) is 10.2 Å². The van der Waals surface area contributed by atoms with Crippen molar-refractivity contribution < 1.29 is 15.0 Å². The van der Waals surface area contributed by atoms with Crippen LogP contribution < -0.4 is 5.32 Å². The molecule has 0 fully saturated rings. The molecule has 0 amide bonds. The molecule has 0 saturated heterocycles. The lowest BCUT2D eigenvalue weighted by Gasteiger charge is -2.15. The summed E-state index contributed by atoms with van der Waals surface area (Å²) in [5.41, 5.74) is 1.19. The molecule has 0 aliphatic carbocycles. The first-order valence-corrected chi connectivity index (χ1v) is 5.20. The molecule has 2 aromatic heterocycles. The van der Waals surface area contributed by atoms with Gasteiger partial charge in [0, 0.05) is 23.8 Å². The van der Waals surface area contributed by atoms with Gasteiger partial charge in [0.25, 0.3) is 0 Å². The predicted octanol–water partition coefficient (Wildman–Crippen LogP) is 1.05. The number of hydrogen-bond donors (Lipinski definition) is 4. The highest BCUT2D eigenvalue weighted by atomic mass is 16.4. The molecule has 4 N–H and O–H groups in total. The van der Waals surface area contributed by atoms with Gasteiger partial charge >= 0.3 is 5.97 Å². The molecule has 0 bridgehead atoms. The first-order chi connectivity index (χ1) is 8.13. The average molecular weight is 235 g/mol. The maximum absolute atomic E-state index is 11.1. The summed E-state index contributed by atoms with van der Waals surface area (Å²) in [6.07, 6.45) is 2.99. The number of nitrogens with zero attached hydrogens (tertiary/aromatic N) is 1. The highest BCUT2D eigenvalue weighted by Gasteiger charge is 2.16. The molecule has 0 saturated carbocycles. The van der Waals surface area contributed by atoms with Crippen LogP contribution in [0.3, 0.4) is 0 Å². The van der Waals surface area contributed by atoms with Crippen LogP contribution in [0.15, 0.2) is 18.5 Å². The molecular formula is C11H13N3O3. The van der Waals surface area contributed by atoms with E-state index < -0.39 is 5.97 Å². The fraction of sp³-hybridized carbons (Fsp3) is 0.273. The average Bonchev–Trinajstić information content (AvgIpc) is 2.77. The number of aromatic nitrogens is 2. The second kappa shape index (κ2) is 4.42. The Bertz CT molecular complexity index is 550. The number of nitrogens with one attached hydrogen (secondary N) is 2. The number of aliphatic hydroxyl groups is 1. The minimum atomic E-state index is -1.05. The van der Waals surface area contributed by atoms with E-state index >= 15 is 0 Å². The molecule has 2 rings (SSSR count). The molecule has 0 aliphatic heterocycles. The Hall–Kier alpha value is -2.08. The van der Waals surface area contributed by atoms with Gasteiger partial charge in [0.2, 0.25) is 0 Å². The summed E-state index contributed by atoms with van der Waals surface area (Å²) >= 11 is 0. The minimum absolute atomic E-state index is 0.0761. The van der Waals surface area contributed by atoms with Gasteiger partial charge in [0.05, 0.1) is 12.3 Å². The van der Waals surface area contributed by atoms with E-state index in [1.165, 1.54) is 6.20 Å². The molecule has 0 unspecified atom stereocenters.